The second-order valence-corrected chi connectivity index (χ2v) is 8.23. The number of hydrogen-bond acceptors (Lipinski definition) is 7. The zero-order valence-corrected chi connectivity index (χ0v) is 17.7. The van der Waals surface area contributed by atoms with Gasteiger partial charge in [-0.05, 0) is 30.5 Å². The van der Waals surface area contributed by atoms with Gasteiger partial charge in [-0.2, -0.15) is 4.98 Å². The molecule has 0 aliphatic rings. The Labute approximate surface area is 172 Å². The first-order valence-corrected chi connectivity index (χ1v) is 10.5. The normalized spacial score (nSPS) is 11.6. The molecular weight excluding hydrogens is 400 g/mol. The molecule has 0 N–H and O–H groups in total. The summed E-state index contributed by atoms with van der Waals surface area (Å²) in [7, 11) is 1.64. The Hall–Kier alpha value is -1.90. The Morgan fingerprint density at radius 2 is 2.14 bits per heavy atom. The highest BCUT2D eigenvalue weighted by atomic mass is 35.5. The average Bonchev–Trinajstić information content (AvgIpc) is 3.08. The molecule has 0 saturated heterocycles. The summed E-state index contributed by atoms with van der Waals surface area (Å²) >= 11 is 7.49. The number of methoxy groups -OCH3 is 1. The Bertz CT molecular complexity index is 1000. The highest BCUT2D eigenvalue weighted by Crippen LogP contribution is 2.23. The van der Waals surface area contributed by atoms with E-state index < -0.39 is 0 Å². The molecule has 0 spiro atoms. The van der Waals surface area contributed by atoms with Gasteiger partial charge in [0.25, 0.3) is 5.56 Å². The number of nitrogens with zero attached hydrogens (tertiary/aromatic N) is 4. The number of hydrogen-bond donors (Lipinski definition) is 0. The van der Waals surface area contributed by atoms with Gasteiger partial charge in [-0.15, -0.1) is 0 Å². The van der Waals surface area contributed by atoms with E-state index >= 15 is 0 Å². The minimum atomic E-state index is -0.0890. The van der Waals surface area contributed by atoms with Gasteiger partial charge in [0.05, 0.1) is 16.7 Å². The first-order chi connectivity index (χ1) is 13.5. The summed E-state index contributed by atoms with van der Waals surface area (Å²) in [5, 5.41) is 5.72. The molecule has 2 heterocycles. The Morgan fingerprint density at radius 3 is 2.89 bits per heavy atom. The largest absolute Gasteiger partial charge is 0.385 e. The van der Waals surface area contributed by atoms with Crippen LogP contribution in [0.15, 0.2) is 32.7 Å². The molecule has 3 aromatic rings. The molecular formula is C19H23ClN4O3S. The second-order valence-electron chi connectivity index (χ2n) is 6.85. The quantitative estimate of drug-likeness (QED) is 0.293. The number of ether oxygens (including phenoxy) is 1. The van der Waals surface area contributed by atoms with Gasteiger partial charge in [-0.3, -0.25) is 9.36 Å². The van der Waals surface area contributed by atoms with Crippen molar-refractivity contribution in [1.82, 2.24) is 19.7 Å². The van der Waals surface area contributed by atoms with Gasteiger partial charge in [0.15, 0.2) is 11.0 Å². The number of halogens is 1. The van der Waals surface area contributed by atoms with Crippen molar-refractivity contribution in [3.8, 4) is 0 Å². The number of benzene rings is 1. The highest BCUT2D eigenvalue weighted by Gasteiger charge is 2.14. The third-order valence-corrected chi connectivity index (χ3v) is 5.24. The van der Waals surface area contributed by atoms with Crippen LogP contribution in [0.2, 0.25) is 5.02 Å². The Kier molecular flexibility index (Phi) is 7.09. The van der Waals surface area contributed by atoms with Crippen LogP contribution in [0.1, 0.15) is 32.0 Å². The molecule has 3 rings (SSSR count). The summed E-state index contributed by atoms with van der Waals surface area (Å²) < 4.78 is 12.1. The summed E-state index contributed by atoms with van der Waals surface area (Å²) in [4.78, 5) is 22.0. The molecule has 9 heteroatoms. The van der Waals surface area contributed by atoms with E-state index in [0.29, 0.717) is 64.0 Å². The van der Waals surface area contributed by atoms with Gasteiger partial charge in [-0.1, -0.05) is 42.4 Å². The van der Waals surface area contributed by atoms with Gasteiger partial charge in [-0.25, -0.2) is 4.98 Å². The zero-order valence-electron chi connectivity index (χ0n) is 16.1. The lowest BCUT2D eigenvalue weighted by Gasteiger charge is -2.12. The minimum Gasteiger partial charge on any atom is -0.385 e. The number of thioether (sulfide) groups is 1. The summed E-state index contributed by atoms with van der Waals surface area (Å²) in [6.07, 6.45) is 1.46. The van der Waals surface area contributed by atoms with Crippen LogP contribution in [0.4, 0.5) is 0 Å². The molecule has 28 heavy (non-hydrogen) atoms. The van der Waals surface area contributed by atoms with Gasteiger partial charge >= 0.3 is 0 Å². The first-order valence-electron chi connectivity index (χ1n) is 9.11. The Morgan fingerprint density at radius 1 is 1.32 bits per heavy atom. The van der Waals surface area contributed by atoms with E-state index in [-0.39, 0.29) is 5.56 Å². The molecule has 7 nitrogen and oxygen atoms in total. The fourth-order valence-electron chi connectivity index (χ4n) is 2.76. The van der Waals surface area contributed by atoms with Crippen molar-refractivity contribution in [3.05, 3.63) is 45.3 Å². The predicted molar refractivity (Wildman–Crippen MR) is 110 cm³/mol. The summed E-state index contributed by atoms with van der Waals surface area (Å²) in [5.41, 5.74) is 0.491. The molecule has 0 radical (unpaired) electrons. The van der Waals surface area contributed by atoms with Crippen LogP contribution in [-0.2, 0) is 23.5 Å². The minimum absolute atomic E-state index is 0.0890. The van der Waals surface area contributed by atoms with Crippen LogP contribution in [0.3, 0.4) is 0 Å². The molecule has 2 aromatic heterocycles. The molecule has 1 aromatic carbocycles. The molecule has 0 aliphatic carbocycles. The van der Waals surface area contributed by atoms with Crippen LogP contribution in [0, 0.1) is 5.92 Å². The van der Waals surface area contributed by atoms with Crippen molar-refractivity contribution >= 4 is 34.3 Å². The molecule has 0 amide bonds. The average molecular weight is 423 g/mol. The number of rotatable bonds is 9. The molecule has 0 fully saturated rings. The first kappa shape index (κ1) is 20.8. The monoisotopic (exact) mass is 422 g/mol. The predicted octanol–water partition coefficient (Wildman–Crippen LogP) is 3.96. The maximum Gasteiger partial charge on any atom is 0.262 e. The summed E-state index contributed by atoms with van der Waals surface area (Å²) in [5.74, 6) is 2.12. The standard InChI is InChI=1S/C19H23ClN4O3S/c1-12(2)9-17-22-16(23-27-17)11-28-19-21-15-10-13(20)5-6-14(15)18(25)24(19)7-4-8-26-3/h5-6,10,12H,4,7-9,11H2,1-3H3. The van der Waals surface area contributed by atoms with Crippen molar-refractivity contribution in [2.75, 3.05) is 13.7 Å². The maximum absolute atomic E-state index is 13.0. The lowest BCUT2D eigenvalue weighted by Crippen LogP contribution is -2.24. The smallest absolute Gasteiger partial charge is 0.262 e. The fraction of sp³-hybridized carbons (Fsp3) is 0.474. The van der Waals surface area contributed by atoms with Crippen LogP contribution in [0.5, 0.6) is 0 Å². The highest BCUT2D eigenvalue weighted by molar-refractivity contribution is 7.98. The molecule has 0 saturated carbocycles. The van der Waals surface area contributed by atoms with Crippen LogP contribution >= 0.6 is 23.4 Å². The third kappa shape index (κ3) is 5.12. The van der Waals surface area contributed by atoms with E-state index in [4.69, 9.17) is 20.9 Å². The molecule has 0 atom stereocenters. The van der Waals surface area contributed by atoms with Gasteiger partial charge in [0.1, 0.15) is 0 Å². The molecule has 0 unspecified atom stereocenters. The lowest BCUT2D eigenvalue weighted by atomic mass is 10.1. The molecule has 150 valence electrons. The van der Waals surface area contributed by atoms with E-state index in [2.05, 4.69) is 29.0 Å². The summed E-state index contributed by atoms with van der Waals surface area (Å²) in [6.45, 7) is 5.28. The van der Waals surface area contributed by atoms with E-state index in [1.165, 1.54) is 11.8 Å². The van der Waals surface area contributed by atoms with E-state index in [1.807, 2.05) is 0 Å². The van der Waals surface area contributed by atoms with E-state index in [1.54, 1.807) is 29.9 Å². The van der Waals surface area contributed by atoms with Crippen molar-refractivity contribution < 1.29 is 9.26 Å². The van der Waals surface area contributed by atoms with Crippen LogP contribution in [0.25, 0.3) is 10.9 Å². The van der Waals surface area contributed by atoms with Gasteiger partial charge in [0, 0.05) is 31.7 Å². The van der Waals surface area contributed by atoms with E-state index in [0.717, 1.165) is 6.42 Å². The van der Waals surface area contributed by atoms with Crippen LogP contribution < -0.4 is 5.56 Å². The second kappa shape index (κ2) is 9.54. The Balaban J connectivity index is 1.87. The third-order valence-electron chi connectivity index (χ3n) is 4.04. The van der Waals surface area contributed by atoms with Crippen molar-refractivity contribution in [3.63, 3.8) is 0 Å². The molecule has 0 aliphatic heterocycles. The lowest BCUT2D eigenvalue weighted by molar-refractivity contribution is 0.189. The van der Waals surface area contributed by atoms with Gasteiger partial charge < -0.3 is 9.26 Å². The van der Waals surface area contributed by atoms with Crippen molar-refractivity contribution in [1.29, 1.82) is 0 Å². The van der Waals surface area contributed by atoms with Crippen molar-refractivity contribution in [2.45, 2.75) is 44.1 Å². The fourth-order valence-corrected chi connectivity index (χ4v) is 3.79. The topological polar surface area (TPSA) is 83.0 Å². The molecule has 0 bridgehead atoms. The van der Waals surface area contributed by atoms with Crippen LogP contribution in [-0.4, -0.2) is 33.4 Å². The van der Waals surface area contributed by atoms with Gasteiger partial charge in [0.2, 0.25) is 5.89 Å². The zero-order chi connectivity index (χ0) is 20.1. The number of fused-ring (bicyclic) bond motifs is 1. The maximum atomic E-state index is 13.0. The number of aromatic nitrogens is 4. The van der Waals surface area contributed by atoms with Crippen molar-refractivity contribution in [2.24, 2.45) is 5.92 Å². The van der Waals surface area contributed by atoms with E-state index in [9.17, 15) is 4.79 Å². The summed E-state index contributed by atoms with van der Waals surface area (Å²) in [6, 6.07) is 5.12. The SMILES string of the molecule is COCCCn1c(SCc2noc(CC(C)C)n2)nc2cc(Cl)ccc2c1=O.